The Morgan fingerprint density at radius 2 is 0.585 bits per heavy atom. The van der Waals surface area contributed by atoms with Crippen LogP contribution >= 0.6 is 0 Å². The van der Waals surface area contributed by atoms with Crippen LogP contribution in [0.25, 0.3) is 55.8 Å². The van der Waals surface area contributed by atoms with E-state index in [1.165, 1.54) is 151 Å². The molecule has 2 aliphatic heterocycles. The van der Waals surface area contributed by atoms with Gasteiger partial charge in [-0.1, -0.05) is 169 Å². The number of benzene rings is 4. The predicted octanol–water partition coefficient (Wildman–Crippen LogP) is 24.9. The second kappa shape index (κ2) is 46.1. The number of aromatic nitrogens is 4. The molecule has 12 rings (SSSR count). The van der Waals surface area contributed by atoms with Crippen molar-refractivity contribution in [1.29, 1.82) is 0 Å². The maximum absolute atomic E-state index is 6.14. The number of nitrogens with zero attached hydrogens (tertiary/aromatic N) is 6. The smallest absolute Gasteiger partial charge is 0.384 e. The number of pyridine rings is 4. The van der Waals surface area contributed by atoms with Gasteiger partial charge >= 0.3 is 74.2 Å². The predicted molar refractivity (Wildman–Crippen MR) is 452 cm³/mol. The molecule has 0 atom stereocenters. The minimum atomic E-state index is 0. The van der Waals surface area contributed by atoms with Crippen molar-refractivity contribution in [3.05, 3.63) is 195 Å². The van der Waals surface area contributed by atoms with Gasteiger partial charge in [-0.05, 0) is 205 Å². The van der Waals surface area contributed by atoms with Crippen LogP contribution in [0.4, 0.5) is 34.6 Å². The topological polar surface area (TPSA) is 180 Å². The molecule has 0 fully saturated rings. The van der Waals surface area contributed by atoms with Gasteiger partial charge in [-0.2, -0.15) is 39.8 Å². The summed E-state index contributed by atoms with van der Waals surface area (Å²) in [5, 5.41) is 4.83. The zero-order chi connectivity index (χ0) is 75.9. The number of nitrogen functional groups attached to an aromatic ring is 4. The van der Waals surface area contributed by atoms with Crippen molar-refractivity contribution < 1.29 is 74.2 Å². The van der Waals surface area contributed by atoms with Gasteiger partial charge in [0.15, 0.2) is 0 Å². The molecule has 4 aliphatic rings. The summed E-state index contributed by atoms with van der Waals surface area (Å²) in [6.07, 6.45) is 29.8. The molecule has 0 bridgehead atoms. The number of aryl methyl sites for hydroxylation is 4. The summed E-state index contributed by atoms with van der Waals surface area (Å²) in [5.41, 5.74) is 48.3. The van der Waals surface area contributed by atoms with Gasteiger partial charge in [0.1, 0.15) is 34.6 Å². The zero-order valence-corrected chi connectivity index (χ0v) is 73.7. The van der Waals surface area contributed by atoms with Crippen molar-refractivity contribution in [2.75, 3.05) is 22.9 Å². The standard InChI is InChI=1S/C22H29N2.C21H28N3.C21H27N2.C20H26N3.4C2H5.4V/c1-15-12-17-18-14-16(8-6-5-7-11-22(2,3)4)9-10-20(18)24-21(23)19(17)13-15;1-14-12-17-16-13-15(8-6-5-7-11-21(2,3)4)9-10-18(16)24-20(22)19(17)23-14;1-14-11-17-16-9-8-15(7-5-6-10-21(2,3)4)13-19(16)23-20(22)18(17)12-14;1-13-11-16-15-9-8-14(7-5-6-10-20(2,3)4)12-17(15)23-19(21)18(16)22-13;4*1-2;;;;/h9-10,13-14H,1,5-8,11-12H2,2-4H3,(H2,23,24);9-10,13H,1,5-8,11-12H2,2-4H3,(H2,22,24);8-9,12-13H,1,5-7,10-11H2,2-4H3,(H2,22,23);8-9,12H,1,5-7,10-11H2,2-4H3,(H2,21,23);4*1H2,2H3;;;;/q8*-1;4*+2. The van der Waals surface area contributed by atoms with Gasteiger partial charge < -0.3 is 64.5 Å². The van der Waals surface area contributed by atoms with Crippen molar-refractivity contribution in [1.82, 2.24) is 19.9 Å². The number of anilines is 4. The molecule has 6 heterocycles. The molecular formula is C92H130N10V4. The van der Waals surface area contributed by atoms with Crippen LogP contribution in [-0.4, -0.2) is 31.4 Å². The van der Waals surface area contributed by atoms with E-state index in [-0.39, 0.29) is 74.2 Å². The van der Waals surface area contributed by atoms with Gasteiger partial charge in [-0.15, -0.1) is 11.4 Å². The number of hydrogen-bond donors (Lipinski definition) is 4. The van der Waals surface area contributed by atoms with Gasteiger partial charge in [0.2, 0.25) is 0 Å². The SMILES string of the molecule is [CH2-]C.[CH2-]C.[CH2-]C.[CH2-]C.[CH2-]C1=Cc2c(N)nc3cc(CCCCC(C)(C)C)ccc3c2C1.[CH2-]C1=Cc2c(N)nc3ccc(CCCCCC(C)(C)C)cc3c2C1.[CH2-]C1=Nc2c(N)nc3cc(CCCCC(C)(C)C)ccc3c2C1.[CH2-]C1=Nc2c(N)nc3ccc(CCCCCC(C)(C)C)cc3c2C1.[V+2].[V+2].[V+2].[V+2]. The van der Waals surface area contributed by atoms with Crippen LogP contribution < -0.4 is 22.9 Å². The van der Waals surface area contributed by atoms with E-state index in [2.05, 4.69) is 253 Å². The van der Waals surface area contributed by atoms with Crippen molar-refractivity contribution >= 4 is 102 Å². The molecule has 8 N–H and O–H groups in total. The normalized spacial score (nSPS) is 12.7. The number of rotatable bonds is 18. The summed E-state index contributed by atoms with van der Waals surface area (Å²) in [7, 11) is 0. The molecule has 0 unspecified atom stereocenters. The maximum Gasteiger partial charge on any atom is 2.00 e. The van der Waals surface area contributed by atoms with E-state index in [1.54, 1.807) is 27.7 Å². The summed E-state index contributed by atoms with van der Waals surface area (Å²) < 4.78 is 0. The first-order chi connectivity index (χ1) is 48.3. The number of unbranched alkanes of at least 4 members (excludes halogenated alkanes) is 6. The Balaban J connectivity index is 0.000000676. The molecule has 4 aromatic carbocycles. The number of aliphatic imine (C=N–C) groups is 2. The Kier molecular flexibility index (Phi) is 42.8. The molecule has 2 aliphatic carbocycles. The minimum Gasteiger partial charge on any atom is -0.384 e. The summed E-state index contributed by atoms with van der Waals surface area (Å²) in [4.78, 5) is 27.1. The summed E-state index contributed by atoms with van der Waals surface area (Å²) in [5.74, 6) is 2.31. The number of nitrogens with two attached hydrogens (primary N) is 4. The summed E-state index contributed by atoms with van der Waals surface area (Å²) in [6.45, 7) is 63.8. The fourth-order valence-corrected chi connectivity index (χ4v) is 13.6. The van der Waals surface area contributed by atoms with Gasteiger partial charge in [0, 0.05) is 21.5 Å². The molecule has 0 saturated carbocycles. The Bertz CT molecular complexity index is 3920. The molecule has 10 nitrogen and oxygen atoms in total. The number of fused-ring (bicyclic) bond motifs is 12. The first kappa shape index (κ1) is 98.4. The molecule has 106 heavy (non-hydrogen) atoms. The molecule has 0 amide bonds. The first-order valence-corrected chi connectivity index (χ1v) is 37.8. The number of hydrogen-bond acceptors (Lipinski definition) is 10. The fraction of sp³-hybridized carbons (Fsp3) is 0.457. The van der Waals surface area contributed by atoms with Crippen LogP contribution in [0.2, 0.25) is 0 Å². The molecular weight excluding hydrogens is 1450 g/mol. The molecule has 8 aromatic rings. The van der Waals surface area contributed by atoms with Gasteiger partial charge in [-0.25, -0.2) is 44.9 Å². The van der Waals surface area contributed by atoms with E-state index < -0.39 is 0 Å². The van der Waals surface area contributed by atoms with Crippen molar-refractivity contribution in [3.63, 3.8) is 0 Å². The van der Waals surface area contributed by atoms with E-state index >= 15 is 0 Å². The quantitative estimate of drug-likeness (QED) is 0.0484. The summed E-state index contributed by atoms with van der Waals surface area (Å²) in [6, 6.07) is 26.5. The molecule has 0 spiro atoms. The molecule has 568 valence electrons. The second-order valence-corrected chi connectivity index (χ2v) is 32.3. The van der Waals surface area contributed by atoms with Crippen LogP contribution in [0.5, 0.6) is 0 Å². The second-order valence-electron chi connectivity index (χ2n) is 32.3. The minimum absolute atomic E-state index is 0. The molecule has 14 heteroatoms. The average Bonchev–Trinajstić information content (AvgIpc) is 1.58. The maximum atomic E-state index is 6.14. The van der Waals surface area contributed by atoms with Gasteiger partial charge in [0.05, 0.1) is 22.1 Å². The molecule has 4 radical (unpaired) electrons. The first-order valence-electron chi connectivity index (χ1n) is 37.8. The van der Waals surface area contributed by atoms with Crippen LogP contribution in [0, 0.1) is 77.0 Å². The Labute approximate surface area is 691 Å². The third-order valence-corrected chi connectivity index (χ3v) is 18.6. The van der Waals surface area contributed by atoms with Crippen LogP contribution in [0.3, 0.4) is 0 Å². The molecule has 4 aromatic heterocycles. The Morgan fingerprint density at radius 3 is 0.953 bits per heavy atom. The van der Waals surface area contributed by atoms with Crippen molar-refractivity contribution in [3.8, 4) is 0 Å². The Morgan fingerprint density at radius 1 is 0.311 bits per heavy atom. The van der Waals surface area contributed by atoms with E-state index in [0.717, 1.165) is 124 Å². The summed E-state index contributed by atoms with van der Waals surface area (Å²) >= 11 is 0. The van der Waals surface area contributed by atoms with Crippen molar-refractivity contribution in [2.45, 2.75) is 252 Å². The fourth-order valence-electron chi connectivity index (χ4n) is 13.6. The zero-order valence-electron chi connectivity index (χ0n) is 68.1. The largest absolute Gasteiger partial charge is 2.00 e. The third-order valence-electron chi connectivity index (χ3n) is 18.6. The van der Waals surface area contributed by atoms with E-state index in [4.69, 9.17) is 22.9 Å². The Hall–Kier alpha value is -5.64. The van der Waals surface area contributed by atoms with Crippen LogP contribution in [0.1, 0.15) is 256 Å². The van der Waals surface area contributed by atoms with E-state index in [9.17, 15) is 0 Å². The van der Waals surface area contributed by atoms with E-state index in [1.807, 2.05) is 0 Å². The van der Waals surface area contributed by atoms with Crippen LogP contribution in [0.15, 0.2) is 93.9 Å². The average molecular weight is 1580 g/mol. The van der Waals surface area contributed by atoms with Crippen LogP contribution in [-0.2, 0) is 126 Å². The molecule has 0 saturated heterocycles. The van der Waals surface area contributed by atoms with Gasteiger partial charge in [0.25, 0.3) is 0 Å². The van der Waals surface area contributed by atoms with Gasteiger partial charge in [-0.3, -0.25) is 9.98 Å². The third kappa shape index (κ3) is 30.0. The monoisotopic (exact) mass is 1580 g/mol. The number of allylic oxidation sites excluding steroid dienone is 2. The van der Waals surface area contributed by atoms with E-state index in [0.29, 0.717) is 44.9 Å². The van der Waals surface area contributed by atoms with Crippen molar-refractivity contribution in [2.24, 2.45) is 31.6 Å².